The third kappa shape index (κ3) is 3.57. The first-order chi connectivity index (χ1) is 10.6. The average Bonchev–Trinajstić information content (AvgIpc) is 3.11. The minimum atomic E-state index is -0.0412. The predicted molar refractivity (Wildman–Crippen MR) is 90.7 cm³/mol. The number of amides is 1. The van der Waals surface area contributed by atoms with E-state index >= 15 is 0 Å². The second-order valence-electron chi connectivity index (χ2n) is 6.35. The first-order valence-electron chi connectivity index (χ1n) is 7.75. The Morgan fingerprint density at radius 3 is 2.77 bits per heavy atom. The smallest absolute Gasteiger partial charge is 0.225 e. The molecule has 1 atom stereocenters. The summed E-state index contributed by atoms with van der Waals surface area (Å²) in [6.45, 7) is 5.21. The van der Waals surface area contributed by atoms with Gasteiger partial charge in [-0.3, -0.25) is 4.79 Å². The molecule has 1 amide bonds. The van der Waals surface area contributed by atoms with Gasteiger partial charge in [-0.1, -0.05) is 29.3 Å². The fraction of sp³-hybridized carbons (Fsp3) is 0.562. The van der Waals surface area contributed by atoms with Crippen molar-refractivity contribution in [1.29, 1.82) is 0 Å². The van der Waals surface area contributed by atoms with Crippen LogP contribution in [-0.2, 0) is 4.79 Å². The van der Waals surface area contributed by atoms with Gasteiger partial charge in [-0.25, -0.2) is 0 Å². The number of carbonyl (C=O) groups excluding carboxylic acids is 1. The molecule has 1 aromatic rings. The van der Waals surface area contributed by atoms with Gasteiger partial charge >= 0.3 is 0 Å². The summed E-state index contributed by atoms with van der Waals surface area (Å²) < 4.78 is 0. The number of hydrogen-bond donors (Lipinski definition) is 2. The van der Waals surface area contributed by atoms with Gasteiger partial charge in [0.2, 0.25) is 5.91 Å². The molecule has 2 aliphatic rings. The Kier molecular flexibility index (Phi) is 4.93. The lowest BCUT2D eigenvalue weighted by Crippen LogP contribution is -2.31. The quantitative estimate of drug-likeness (QED) is 0.884. The Morgan fingerprint density at radius 1 is 1.32 bits per heavy atom. The molecule has 2 aliphatic heterocycles. The highest BCUT2D eigenvalue weighted by atomic mass is 35.5. The molecule has 4 nitrogen and oxygen atoms in total. The van der Waals surface area contributed by atoms with E-state index in [2.05, 4.69) is 15.5 Å². The van der Waals surface area contributed by atoms with Crippen LogP contribution in [0.1, 0.15) is 19.3 Å². The maximum atomic E-state index is 12.1. The van der Waals surface area contributed by atoms with E-state index < -0.39 is 0 Å². The van der Waals surface area contributed by atoms with Gasteiger partial charge < -0.3 is 15.5 Å². The van der Waals surface area contributed by atoms with E-state index in [0.29, 0.717) is 27.6 Å². The highest BCUT2D eigenvalue weighted by molar-refractivity contribution is 6.39. The molecular formula is C16H21Cl2N3O. The van der Waals surface area contributed by atoms with Crippen molar-refractivity contribution in [3.05, 3.63) is 28.2 Å². The molecule has 22 heavy (non-hydrogen) atoms. The number of nitrogens with one attached hydrogen (secondary N) is 2. The molecule has 2 fully saturated rings. The van der Waals surface area contributed by atoms with Gasteiger partial charge in [-0.15, -0.1) is 0 Å². The van der Waals surface area contributed by atoms with Crippen LogP contribution in [0.3, 0.4) is 0 Å². The van der Waals surface area contributed by atoms with Crippen molar-refractivity contribution in [1.82, 2.24) is 10.2 Å². The van der Waals surface area contributed by atoms with Crippen LogP contribution in [0.15, 0.2) is 18.2 Å². The molecule has 1 spiro atoms. The van der Waals surface area contributed by atoms with Crippen molar-refractivity contribution < 1.29 is 4.79 Å². The molecule has 2 N–H and O–H groups in total. The summed E-state index contributed by atoms with van der Waals surface area (Å²) >= 11 is 12.1. The first kappa shape index (κ1) is 16.1. The number of rotatable bonds is 4. The van der Waals surface area contributed by atoms with Crippen molar-refractivity contribution >= 4 is 34.8 Å². The monoisotopic (exact) mass is 341 g/mol. The predicted octanol–water partition coefficient (Wildman–Crippen LogP) is 3.01. The summed E-state index contributed by atoms with van der Waals surface area (Å²) in [7, 11) is 0. The summed E-state index contributed by atoms with van der Waals surface area (Å²) in [5, 5.41) is 7.21. The number of halogens is 2. The number of hydrogen-bond acceptors (Lipinski definition) is 3. The van der Waals surface area contributed by atoms with Crippen LogP contribution in [0.5, 0.6) is 0 Å². The third-order valence-corrected chi connectivity index (χ3v) is 5.36. The molecule has 1 unspecified atom stereocenters. The minimum absolute atomic E-state index is 0.0412. The molecule has 2 heterocycles. The lowest BCUT2D eigenvalue weighted by atomic mass is 9.87. The van der Waals surface area contributed by atoms with E-state index in [1.165, 1.54) is 12.8 Å². The van der Waals surface area contributed by atoms with Crippen LogP contribution in [0.4, 0.5) is 5.69 Å². The normalized spacial score (nSPS) is 25.0. The van der Waals surface area contributed by atoms with Crippen LogP contribution in [-0.4, -0.2) is 43.5 Å². The topological polar surface area (TPSA) is 44.4 Å². The SMILES string of the molecule is O=C(CCN1CCC2(CCNC2)C1)Nc1c(Cl)cccc1Cl. The van der Waals surface area contributed by atoms with E-state index in [1.54, 1.807) is 18.2 Å². The maximum Gasteiger partial charge on any atom is 0.225 e. The summed E-state index contributed by atoms with van der Waals surface area (Å²) in [5.74, 6) is -0.0412. The van der Waals surface area contributed by atoms with Crippen LogP contribution in [0.2, 0.25) is 10.0 Å². The Morgan fingerprint density at radius 2 is 2.09 bits per heavy atom. The van der Waals surface area contributed by atoms with Gasteiger partial charge in [0.25, 0.3) is 0 Å². The number of benzene rings is 1. The lowest BCUT2D eigenvalue weighted by Gasteiger charge is -2.22. The molecule has 0 saturated carbocycles. The van der Waals surface area contributed by atoms with E-state index in [1.807, 2.05) is 0 Å². The highest BCUT2D eigenvalue weighted by Gasteiger charge is 2.39. The van der Waals surface area contributed by atoms with Gasteiger partial charge in [0.1, 0.15) is 0 Å². The van der Waals surface area contributed by atoms with Gasteiger partial charge in [0.15, 0.2) is 0 Å². The summed E-state index contributed by atoms with van der Waals surface area (Å²) in [4.78, 5) is 14.5. The third-order valence-electron chi connectivity index (χ3n) is 4.73. The van der Waals surface area contributed by atoms with Crippen LogP contribution >= 0.6 is 23.2 Å². The summed E-state index contributed by atoms with van der Waals surface area (Å²) in [6.07, 6.45) is 2.95. The Labute approximate surface area is 141 Å². The van der Waals surface area contributed by atoms with Crippen LogP contribution in [0.25, 0.3) is 0 Å². The second kappa shape index (κ2) is 6.75. The standard InChI is InChI=1S/C16H21Cl2N3O/c17-12-2-1-3-13(18)15(12)20-14(22)4-8-21-9-6-16(11-21)5-7-19-10-16/h1-3,19H,4-11H2,(H,20,22). The number of anilines is 1. The molecule has 0 aromatic heterocycles. The zero-order valence-corrected chi connectivity index (χ0v) is 14.0. The van der Waals surface area contributed by atoms with E-state index in [-0.39, 0.29) is 5.91 Å². The highest BCUT2D eigenvalue weighted by Crippen LogP contribution is 2.36. The zero-order chi connectivity index (χ0) is 15.6. The molecule has 0 bridgehead atoms. The Balaban J connectivity index is 1.49. The molecule has 0 radical (unpaired) electrons. The van der Waals surface area contributed by atoms with Crippen molar-refractivity contribution in [3.63, 3.8) is 0 Å². The van der Waals surface area contributed by atoms with Crippen molar-refractivity contribution in [2.24, 2.45) is 5.41 Å². The number of carbonyl (C=O) groups is 1. The summed E-state index contributed by atoms with van der Waals surface area (Å²) in [6, 6.07) is 5.21. The van der Waals surface area contributed by atoms with Gasteiger partial charge in [-0.05, 0) is 43.5 Å². The largest absolute Gasteiger partial charge is 0.324 e. The van der Waals surface area contributed by atoms with E-state index in [0.717, 1.165) is 32.7 Å². The van der Waals surface area contributed by atoms with Crippen molar-refractivity contribution in [3.8, 4) is 0 Å². The number of likely N-dealkylation sites (tertiary alicyclic amines) is 1. The number of para-hydroxylation sites is 1. The Hall–Kier alpha value is -0.810. The molecule has 2 saturated heterocycles. The fourth-order valence-electron chi connectivity index (χ4n) is 3.44. The first-order valence-corrected chi connectivity index (χ1v) is 8.51. The van der Waals surface area contributed by atoms with Gasteiger partial charge in [0, 0.05) is 26.1 Å². The van der Waals surface area contributed by atoms with Crippen molar-refractivity contribution in [2.45, 2.75) is 19.3 Å². The summed E-state index contributed by atoms with van der Waals surface area (Å²) in [5.41, 5.74) is 0.955. The van der Waals surface area contributed by atoms with Crippen molar-refractivity contribution in [2.75, 3.05) is 38.0 Å². The zero-order valence-electron chi connectivity index (χ0n) is 12.5. The van der Waals surface area contributed by atoms with Gasteiger partial charge in [0.05, 0.1) is 15.7 Å². The van der Waals surface area contributed by atoms with Gasteiger partial charge in [-0.2, -0.15) is 0 Å². The lowest BCUT2D eigenvalue weighted by molar-refractivity contribution is -0.116. The Bertz CT molecular complexity index is 538. The number of nitrogens with zero attached hydrogens (tertiary/aromatic N) is 1. The molecule has 3 rings (SSSR count). The van der Waals surface area contributed by atoms with Crippen LogP contribution < -0.4 is 10.6 Å². The van der Waals surface area contributed by atoms with E-state index in [4.69, 9.17) is 23.2 Å². The minimum Gasteiger partial charge on any atom is -0.324 e. The molecule has 6 heteroatoms. The molecule has 0 aliphatic carbocycles. The molecule has 1 aromatic carbocycles. The molecular weight excluding hydrogens is 321 g/mol. The maximum absolute atomic E-state index is 12.1. The fourth-order valence-corrected chi connectivity index (χ4v) is 3.93. The second-order valence-corrected chi connectivity index (χ2v) is 7.16. The van der Waals surface area contributed by atoms with E-state index in [9.17, 15) is 4.79 Å². The molecule has 120 valence electrons. The van der Waals surface area contributed by atoms with Crippen LogP contribution in [0, 0.1) is 5.41 Å². The average molecular weight is 342 g/mol.